The first-order valence-corrected chi connectivity index (χ1v) is 8.84. The third-order valence-corrected chi connectivity index (χ3v) is 5.85. The van der Waals surface area contributed by atoms with Crippen LogP contribution in [0.15, 0.2) is 88.7 Å². The topological polar surface area (TPSA) is 17.1 Å². The van der Waals surface area contributed by atoms with E-state index in [0.717, 1.165) is 0 Å². The van der Waals surface area contributed by atoms with Crippen LogP contribution in [0.5, 0.6) is 0 Å². The predicted octanol–water partition coefficient (Wildman–Crippen LogP) is 4.88. The second-order valence-electron chi connectivity index (χ2n) is 5.19. The zero-order valence-electron chi connectivity index (χ0n) is 12.8. The fraction of sp³-hybridized carbons (Fsp3) is 0.0500. The summed E-state index contributed by atoms with van der Waals surface area (Å²) in [6.07, 6.45) is 0. The van der Waals surface area contributed by atoms with Gasteiger partial charge in [0.15, 0.2) is 27.2 Å². The summed E-state index contributed by atoms with van der Waals surface area (Å²) in [6.45, 7) is 0. The highest BCUT2D eigenvalue weighted by Gasteiger charge is 2.34. The molecular formula is C20H15F2OS+. The minimum Gasteiger partial charge on any atom is -0.289 e. The number of hydrogen-bond acceptors (Lipinski definition) is 1. The molecule has 0 unspecified atom stereocenters. The summed E-state index contributed by atoms with van der Waals surface area (Å²) in [5, 5.41) is 0. The summed E-state index contributed by atoms with van der Waals surface area (Å²) < 4.78 is 28.6. The highest BCUT2D eigenvalue weighted by Crippen LogP contribution is 2.28. The minimum atomic E-state index is -1.00. The van der Waals surface area contributed by atoms with Crippen LogP contribution in [0.3, 0.4) is 0 Å². The molecule has 0 fully saturated rings. The second kappa shape index (κ2) is 7.41. The number of halogens is 2. The molecule has 0 aromatic heterocycles. The Morgan fingerprint density at radius 2 is 1.17 bits per heavy atom. The molecule has 120 valence electrons. The first-order valence-electron chi connectivity index (χ1n) is 7.45. The molecule has 0 spiro atoms. The highest BCUT2D eigenvalue weighted by atomic mass is 32.2. The van der Waals surface area contributed by atoms with Crippen LogP contribution in [0.2, 0.25) is 0 Å². The lowest BCUT2D eigenvalue weighted by molar-refractivity contribution is 0.102. The Hall–Kier alpha value is -2.46. The molecule has 0 amide bonds. The Labute approximate surface area is 142 Å². The lowest BCUT2D eigenvalue weighted by Gasteiger charge is -2.09. The third-order valence-electron chi connectivity index (χ3n) is 3.58. The van der Waals surface area contributed by atoms with E-state index in [-0.39, 0.29) is 11.5 Å². The Balaban J connectivity index is 2.02. The molecule has 24 heavy (non-hydrogen) atoms. The lowest BCUT2D eigenvalue weighted by atomic mass is 10.2. The number of carbonyl (C=O) groups is 1. The maximum absolute atomic E-state index is 14.3. The van der Waals surface area contributed by atoms with Crippen molar-refractivity contribution < 1.29 is 13.6 Å². The third kappa shape index (κ3) is 3.54. The van der Waals surface area contributed by atoms with Gasteiger partial charge in [-0.15, -0.1) is 0 Å². The average Bonchev–Trinajstić information content (AvgIpc) is 2.62. The van der Waals surface area contributed by atoms with Gasteiger partial charge in [-0.2, -0.15) is 0 Å². The molecular weight excluding hydrogens is 326 g/mol. The van der Waals surface area contributed by atoms with Crippen molar-refractivity contribution in [1.82, 2.24) is 0 Å². The molecule has 0 N–H and O–H groups in total. The molecule has 3 aromatic rings. The van der Waals surface area contributed by atoms with Gasteiger partial charge >= 0.3 is 0 Å². The summed E-state index contributed by atoms with van der Waals surface area (Å²) in [5.41, 5.74) is 0.544. The fourth-order valence-electron chi connectivity index (χ4n) is 2.40. The van der Waals surface area contributed by atoms with E-state index in [1.807, 2.05) is 6.07 Å². The van der Waals surface area contributed by atoms with Crippen LogP contribution in [-0.2, 0) is 10.9 Å². The van der Waals surface area contributed by atoms with Crippen molar-refractivity contribution in [2.45, 2.75) is 9.79 Å². The van der Waals surface area contributed by atoms with Gasteiger partial charge in [0.1, 0.15) is 0 Å². The first kappa shape index (κ1) is 16.4. The number of hydrogen-bond donors (Lipinski definition) is 0. The number of ketones is 1. The molecule has 3 rings (SSSR count). The molecule has 0 atom stereocenters. The van der Waals surface area contributed by atoms with Crippen molar-refractivity contribution in [3.05, 3.63) is 96.1 Å². The number of Topliss-reactive ketones (excluding diaryl/α,β-unsaturated/α-hetero) is 1. The molecule has 0 aliphatic rings. The van der Waals surface area contributed by atoms with Crippen LogP contribution < -0.4 is 0 Å². The normalized spacial score (nSPS) is 10.8. The van der Waals surface area contributed by atoms with E-state index in [1.165, 1.54) is 12.1 Å². The molecule has 0 aliphatic carbocycles. The Morgan fingerprint density at radius 1 is 0.708 bits per heavy atom. The maximum Gasteiger partial charge on any atom is 0.212 e. The molecule has 0 saturated carbocycles. The Bertz CT molecular complexity index is 804. The van der Waals surface area contributed by atoms with E-state index in [4.69, 9.17) is 0 Å². The van der Waals surface area contributed by atoms with Crippen molar-refractivity contribution in [2.75, 3.05) is 5.75 Å². The van der Waals surface area contributed by atoms with Crippen LogP contribution in [0.1, 0.15) is 10.4 Å². The van der Waals surface area contributed by atoms with Crippen molar-refractivity contribution in [3.8, 4) is 0 Å². The van der Waals surface area contributed by atoms with E-state index >= 15 is 0 Å². The van der Waals surface area contributed by atoms with Gasteiger partial charge < -0.3 is 0 Å². The summed E-state index contributed by atoms with van der Waals surface area (Å²) in [7, 11) is -1.00. The summed E-state index contributed by atoms with van der Waals surface area (Å²) in [6, 6.07) is 21.3. The Kier molecular flexibility index (Phi) is 5.06. The highest BCUT2D eigenvalue weighted by molar-refractivity contribution is 7.97. The summed E-state index contributed by atoms with van der Waals surface area (Å²) >= 11 is 0. The van der Waals surface area contributed by atoms with Crippen molar-refractivity contribution in [1.29, 1.82) is 0 Å². The van der Waals surface area contributed by atoms with Crippen LogP contribution in [0.4, 0.5) is 8.78 Å². The van der Waals surface area contributed by atoms with Gasteiger partial charge in [0.25, 0.3) is 0 Å². The van der Waals surface area contributed by atoms with E-state index in [1.54, 1.807) is 60.7 Å². The minimum absolute atomic E-state index is 0.0336. The zero-order valence-corrected chi connectivity index (χ0v) is 13.6. The lowest BCUT2D eigenvalue weighted by Crippen LogP contribution is -2.19. The van der Waals surface area contributed by atoms with Crippen LogP contribution >= 0.6 is 0 Å². The van der Waals surface area contributed by atoms with Crippen LogP contribution in [0, 0.1) is 11.6 Å². The molecule has 4 heteroatoms. The fourth-order valence-corrected chi connectivity index (χ4v) is 4.47. The smallest absolute Gasteiger partial charge is 0.212 e. The monoisotopic (exact) mass is 341 g/mol. The van der Waals surface area contributed by atoms with Crippen molar-refractivity contribution in [3.63, 3.8) is 0 Å². The molecule has 1 nitrogen and oxygen atoms in total. The molecule has 0 radical (unpaired) electrons. The van der Waals surface area contributed by atoms with Crippen molar-refractivity contribution in [2.24, 2.45) is 0 Å². The van der Waals surface area contributed by atoms with Gasteiger partial charge in [0.2, 0.25) is 5.78 Å². The first-order chi connectivity index (χ1) is 11.7. The zero-order chi connectivity index (χ0) is 16.9. The molecule has 0 heterocycles. The van der Waals surface area contributed by atoms with Gasteiger partial charge in [-0.05, 0) is 24.3 Å². The number of rotatable bonds is 5. The van der Waals surface area contributed by atoms with Crippen LogP contribution in [-0.4, -0.2) is 11.5 Å². The van der Waals surface area contributed by atoms with Gasteiger partial charge in [0, 0.05) is 5.56 Å². The maximum atomic E-state index is 14.3. The van der Waals surface area contributed by atoms with E-state index < -0.39 is 22.5 Å². The van der Waals surface area contributed by atoms with Gasteiger partial charge in [-0.25, -0.2) is 8.78 Å². The molecule has 0 saturated heterocycles. The van der Waals surface area contributed by atoms with Crippen LogP contribution in [0.25, 0.3) is 0 Å². The average molecular weight is 341 g/mol. The molecule has 0 aliphatic heterocycles. The van der Waals surface area contributed by atoms with Gasteiger partial charge in [-0.3, -0.25) is 4.79 Å². The SMILES string of the molecule is O=C(C[S+](c1ccccc1F)c1ccccc1F)c1ccccc1. The van der Waals surface area contributed by atoms with Gasteiger partial charge in [0.05, 0.1) is 10.9 Å². The standard InChI is InChI=1S/C20H15F2OS/c21-16-10-4-6-12-19(16)24(20-13-7-5-11-17(20)22)14-18(23)15-8-2-1-3-9-15/h1-13H,14H2/q+1. The van der Waals surface area contributed by atoms with E-state index in [9.17, 15) is 13.6 Å². The largest absolute Gasteiger partial charge is 0.289 e. The van der Waals surface area contributed by atoms with E-state index in [2.05, 4.69) is 0 Å². The predicted molar refractivity (Wildman–Crippen MR) is 92.3 cm³/mol. The summed E-state index contributed by atoms with van der Waals surface area (Å²) in [4.78, 5) is 13.3. The molecule has 0 bridgehead atoms. The van der Waals surface area contributed by atoms with E-state index in [0.29, 0.717) is 15.4 Å². The van der Waals surface area contributed by atoms with Crippen molar-refractivity contribution >= 4 is 16.7 Å². The number of benzene rings is 3. The Morgan fingerprint density at radius 3 is 1.67 bits per heavy atom. The van der Waals surface area contributed by atoms with Gasteiger partial charge in [-0.1, -0.05) is 54.6 Å². The summed E-state index contributed by atoms with van der Waals surface area (Å²) in [5.74, 6) is -0.952. The number of carbonyl (C=O) groups excluding carboxylic acids is 1. The molecule has 3 aromatic carbocycles. The quantitative estimate of drug-likeness (QED) is 0.477. The second-order valence-corrected chi connectivity index (χ2v) is 7.13.